The number of hydrogen-bond acceptors (Lipinski definition) is 4. The van der Waals surface area contributed by atoms with Crippen LogP contribution < -0.4 is 10.6 Å². The summed E-state index contributed by atoms with van der Waals surface area (Å²) in [6.45, 7) is 0.195. The number of carbonyl (C=O) groups excluding carboxylic acids is 2. The van der Waals surface area contributed by atoms with Gasteiger partial charge in [-0.15, -0.1) is 0 Å². The monoisotopic (exact) mass is 480 g/mol. The third-order valence-electron chi connectivity index (χ3n) is 5.86. The number of anilines is 1. The molecule has 3 N–H and O–H groups in total. The van der Waals surface area contributed by atoms with Crippen molar-refractivity contribution in [1.82, 2.24) is 5.32 Å². The number of nitrogens with one attached hydrogen (secondary N) is 2. The molecule has 3 aromatic rings. The number of carboxylic acid groups (broad SMARTS) is 1. The van der Waals surface area contributed by atoms with Gasteiger partial charge in [-0.3, -0.25) is 4.79 Å². The summed E-state index contributed by atoms with van der Waals surface area (Å²) in [5, 5.41) is 13.0. The summed E-state index contributed by atoms with van der Waals surface area (Å²) in [7, 11) is 0. The Kier molecular flexibility index (Phi) is 6.50. The first kappa shape index (κ1) is 23.9. The molecule has 3 aromatic carbocycles. The molecule has 35 heavy (non-hydrogen) atoms. The van der Waals surface area contributed by atoms with Crippen LogP contribution in [0.15, 0.2) is 66.7 Å². The Bertz CT molecular complexity index is 1260. The number of rotatable bonds is 7. The van der Waals surface area contributed by atoms with Crippen molar-refractivity contribution in [3.8, 4) is 11.1 Å². The Morgan fingerprint density at radius 1 is 0.971 bits per heavy atom. The second-order valence-corrected chi connectivity index (χ2v) is 8.17. The molecule has 4 rings (SSSR count). The zero-order valence-corrected chi connectivity index (χ0v) is 18.7. The fourth-order valence-electron chi connectivity index (χ4n) is 4.02. The van der Waals surface area contributed by atoms with Gasteiger partial charge in [-0.1, -0.05) is 54.6 Å². The summed E-state index contributed by atoms with van der Waals surface area (Å²) >= 11 is 0. The Hall–Kier alpha value is -4.27. The number of carboxylic acids is 1. The smallest absolute Gasteiger partial charge is 0.407 e. The lowest BCUT2D eigenvalue weighted by Gasteiger charge is -2.19. The lowest BCUT2D eigenvalue weighted by Crippen LogP contribution is -2.45. The summed E-state index contributed by atoms with van der Waals surface area (Å²) in [6.07, 6.45) is -1.08. The van der Waals surface area contributed by atoms with Gasteiger partial charge in [-0.2, -0.15) is 8.78 Å². The van der Waals surface area contributed by atoms with Crippen LogP contribution in [0.2, 0.25) is 0 Å². The number of halogens is 2. The molecule has 0 saturated carbocycles. The SMILES string of the molecule is Cc1ccc(C(=O)O)cc1NC(=O)C(F)(F)CNC(=O)OCC1c2ccccc2-c2ccccc21. The fourth-order valence-corrected chi connectivity index (χ4v) is 4.02. The fraction of sp³-hybridized carbons (Fsp3) is 0.192. The molecule has 2 amide bonds. The maximum atomic E-state index is 14.4. The number of carbonyl (C=O) groups is 3. The lowest BCUT2D eigenvalue weighted by atomic mass is 9.98. The number of aryl methyl sites for hydroxylation is 1. The first-order chi connectivity index (χ1) is 16.7. The number of ether oxygens (including phenoxy) is 1. The van der Waals surface area contributed by atoms with Crippen LogP contribution in [0.4, 0.5) is 19.3 Å². The zero-order valence-electron chi connectivity index (χ0n) is 18.7. The number of hydrogen-bond donors (Lipinski definition) is 3. The molecule has 0 aliphatic heterocycles. The average Bonchev–Trinajstić information content (AvgIpc) is 3.16. The Morgan fingerprint density at radius 2 is 1.57 bits per heavy atom. The highest BCUT2D eigenvalue weighted by Crippen LogP contribution is 2.44. The van der Waals surface area contributed by atoms with Gasteiger partial charge in [0, 0.05) is 11.6 Å². The zero-order chi connectivity index (χ0) is 25.2. The van der Waals surface area contributed by atoms with E-state index in [1.807, 2.05) is 59.2 Å². The van der Waals surface area contributed by atoms with Crippen LogP contribution in [0, 0.1) is 6.92 Å². The molecule has 0 unspecified atom stereocenters. The molecule has 1 aliphatic rings. The van der Waals surface area contributed by atoms with Crippen molar-refractivity contribution in [2.75, 3.05) is 18.5 Å². The minimum atomic E-state index is -3.96. The van der Waals surface area contributed by atoms with E-state index in [9.17, 15) is 23.2 Å². The van der Waals surface area contributed by atoms with Gasteiger partial charge in [0.1, 0.15) is 6.61 Å². The largest absolute Gasteiger partial charge is 0.478 e. The summed E-state index contributed by atoms with van der Waals surface area (Å²) < 4.78 is 34.0. The molecule has 0 fully saturated rings. The quantitative estimate of drug-likeness (QED) is 0.450. The van der Waals surface area contributed by atoms with E-state index in [0.717, 1.165) is 28.3 Å². The third kappa shape index (κ3) is 4.98. The first-order valence-corrected chi connectivity index (χ1v) is 10.8. The van der Waals surface area contributed by atoms with E-state index in [1.165, 1.54) is 19.1 Å². The van der Waals surface area contributed by atoms with Gasteiger partial charge in [0.25, 0.3) is 5.91 Å². The molecule has 7 nitrogen and oxygen atoms in total. The van der Waals surface area contributed by atoms with Crippen LogP contribution in [-0.4, -0.2) is 42.2 Å². The summed E-state index contributed by atoms with van der Waals surface area (Å²) in [4.78, 5) is 35.4. The van der Waals surface area contributed by atoms with Crippen molar-refractivity contribution < 1.29 is 33.0 Å². The van der Waals surface area contributed by atoms with E-state index in [2.05, 4.69) is 0 Å². The number of alkyl carbamates (subject to hydrolysis) is 1. The van der Waals surface area contributed by atoms with E-state index >= 15 is 0 Å². The Labute approximate surface area is 199 Å². The van der Waals surface area contributed by atoms with Crippen molar-refractivity contribution in [1.29, 1.82) is 0 Å². The average molecular weight is 480 g/mol. The molecule has 180 valence electrons. The van der Waals surface area contributed by atoms with Crippen LogP contribution in [0.25, 0.3) is 11.1 Å². The van der Waals surface area contributed by atoms with Gasteiger partial charge in [0.15, 0.2) is 0 Å². The minimum absolute atomic E-state index is 0.0567. The van der Waals surface area contributed by atoms with Crippen LogP contribution in [-0.2, 0) is 9.53 Å². The second-order valence-electron chi connectivity index (χ2n) is 8.17. The molecule has 0 bridgehead atoms. The van der Waals surface area contributed by atoms with Crippen molar-refractivity contribution in [2.24, 2.45) is 0 Å². The number of aromatic carboxylic acids is 1. The number of fused-ring (bicyclic) bond motifs is 3. The standard InChI is InChI=1S/C26H22F2N2O5/c1-15-10-11-16(23(31)32)12-22(15)30-24(33)26(27,28)14-29-25(34)35-13-21-19-8-4-2-6-17(19)18-7-3-5-9-20(18)21/h2-12,21H,13-14H2,1H3,(H,29,34)(H,30,33)(H,31,32). The van der Waals surface area contributed by atoms with Gasteiger partial charge in [-0.05, 0) is 46.9 Å². The van der Waals surface area contributed by atoms with Crippen molar-refractivity contribution >= 4 is 23.7 Å². The van der Waals surface area contributed by atoms with Crippen molar-refractivity contribution in [2.45, 2.75) is 18.8 Å². The summed E-state index contributed by atoms with van der Waals surface area (Å²) in [5.74, 6) is -7.13. The van der Waals surface area contributed by atoms with Gasteiger partial charge in [-0.25, -0.2) is 9.59 Å². The first-order valence-electron chi connectivity index (χ1n) is 10.8. The van der Waals surface area contributed by atoms with E-state index in [1.54, 1.807) is 0 Å². The topological polar surface area (TPSA) is 105 Å². The van der Waals surface area contributed by atoms with Gasteiger partial charge >= 0.3 is 18.0 Å². The molecule has 0 spiro atoms. The van der Waals surface area contributed by atoms with Crippen molar-refractivity contribution in [3.63, 3.8) is 0 Å². The van der Waals surface area contributed by atoms with Crippen LogP contribution in [0.5, 0.6) is 0 Å². The number of benzene rings is 3. The van der Waals surface area contributed by atoms with E-state index in [0.29, 0.717) is 5.56 Å². The number of alkyl halides is 2. The molecule has 0 radical (unpaired) electrons. The second kappa shape index (κ2) is 9.54. The van der Waals surface area contributed by atoms with Crippen molar-refractivity contribution in [3.05, 3.63) is 89.0 Å². The molecular weight excluding hydrogens is 458 g/mol. The van der Waals surface area contributed by atoms with Crippen LogP contribution >= 0.6 is 0 Å². The number of amides is 2. The highest BCUT2D eigenvalue weighted by Gasteiger charge is 2.40. The summed E-state index contributed by atoms with van der Waals surface area (Å²) in [6, 6.07) is 19.2. The van der Waals surface area contributed by atoms with E-state index in [-0.39, 0.29) is 23.8 Å². The Morgan fingerprint density at radius 3 is 2.17 bits per heavy atom. The molecule has 0 saturated heterocycles. The van der Waals surface area contributed by atoms with E-state index in [4.69, 9.17) is 9.84 Å². The van der Waals surface area contributed by atoms with Crippen LogP contribution in [0.1, 0.15) is 33.0 Å². The molecular formula is C26H22F2N2O5. The molecule has 1 aliphatic carbocycles. The van der Waals surface area contributed by atoms with Gasteiger partial charge < -0.3 is 20.5 Å². The van der Waals surface area contributed by atoms with Gasteiger partial charge in [0.2, 0.25) is 0 Å². The molecule has 0 heterocycles. The molecule has 0 aromatic heterocycles. The van der Waals surface area contributed by atoms with Gasteiger partial charge in [0.05, 0.1) is 12.1 Å². The maximum Gasteiger partial charge on any atom is 0.407 e. The lowest BCUT2D eigenvalue weighted by molar-refractivity contribution is -0.138. The Balaban J connectivity index is 1.35. The molecule has 9 heteroatoms. The predicted molar refractivity (Wildman–Crippen MR) is 125 cm³/mol. The maximum absolute atomic E-state index is 14.4. The normalized spacial score (nSPS) is 12.4. The predicted octanol–water partition coefficient (Wildman–Crippen LogP) is 4.81. The highest BCUT2D eigenvalue weighted by molar-refractivity contribution is 5.98. The summed E-state index contributed by atoms with van der Waals surface area (Å²) in [5.41, 5.74) is 4.20. The highest BCUT2D eigenvalue weighted by atomic mass is 19.3. The third-order valence-corrected chi connectivity index (χ3v) is 5.86. The van der Waals surface area contributed by atoms with Crippen LogP contribution in [0.3, 0.4) is 0 Å². The van der Waals surface area contributed by atoms with E-state index < -0.39 is 30.4 Å². The molecule has 0 atom stereocenters. The minimum Gasteiger partial charge on any atom is -0.478 e.